The number of hydrogen-bond donors (Lipinski definition) is 1. The van der Waals surface area contributed by atoms with Gasteiger partial charge in [-0.1, -0.05) is 18.2 Å². The largest absolute Gasteiger partial charge is 0.496 e. The van der Waals surface area contributed by atoms with Crippen LogP contribution in [0.1, 0.15) is 5.56 Å². The Balaban J connectivity index is 2.04. The number of ether oxygens (including phenoxy) is 1. The molecule has 0 atom stereocenters. The van der Waals surface area contributed by atoms with E-state index in [9.17, 15) is 10.1 Å². The minimum Gasteiger partial charge on any atom is -0.496 e. The summed E-state index contributed by atoms with van der Waals surface area (Å²) in [5.74, 6) is 0.632. The van der Waals surface area contributed by atoms with Gasteiger partial charge in [0.1, 0.15) is 5.75 Å². The van der Waals surface area contributed by atoms with Gasteiger partial charge in [0.05, 0.1) is 12.8 Å². The first-order valence-corrected chi connectivity index (χ1v) is 5.67. The summed E-state index contributed by atoms with van der Waals surface area (Å²) in [6, 6.07) is 10.6. The Morgan fingerprint density at radius 1 is 1.32 bits per heavy atom. The zero-order valence-electron chi connectivity index (χ0n) is 10.4. The van der Waals surface area contributed by atoms with Crippen molar-refractivity contribution >= 4 is 11.5 Å². The van der Waals surface area contributed by atoms with Crippen molar-refractivity contribution in [2.45, 2.75) is 6.54 Å². The van der Waals surface area contributed by atoms with Crippen LogP contribution in [0, 0.1) is 10.1 Å². The van der Waals surface area contributed by atoms with Crippen molar-refractivity contribution in [3.05, 3.63) is 58.3 Å². The van der Waals surface area contributed by atoms with E-state index in [-0.39, 0.29) is 5.82 Å². The van der Waals surface area contributed by atoms with E-state index in [1.165, 1.54) is 12.3 Å². The molecule has 19 heavy (non-hydrogen) atoms. The van der Waals surface area contributed by atoms with E-state index in [1.807, 2.05) is 24.3 Å². The van der Waals surface area contributed by atoms with Crippen LogP contribution in [0.3, 0.4) is 0 Å². The molecule has 98 valence electrons. The van der Waals surface area contributed by atoms with Crippen molar-refractivity contribution in [2.75, 3.05) is 12.4 Å². The summed E-state index contributed by atoms with van der Waals surface area (Å²) in [6.45, 7) is 0.559. The Morgan fingerprint density at radius 2 is 2.11 bits per heavy atom. The maximum Gasteiger partial charge on any atom is 0.363 e. The summed E-state index contributed by atoms with van der Waals surface area (Å²) in [4.78, 5) is 13.7. The number of aromatic nitrogens is 1. The third-order valence-electron chi connectivity index (χ3n) is 2.61. The number of nitrogens with zero attached hydrogens (tertiary/aromatic N) is 2. The predicted octanol–water partition coefficient (Wildman–Crippen LogP) is 2.61. The van der Waals surface area contributed by atoms with Gasteiger partial charge >= 0.3 is 5.82 Å². The van der Waals surface area contributed by atoms with E-state index in [4.69, 9.17) is 4.74 Å². The van der Waals surface area contributed by atoms with Gasteiger partial charge in [-0.2, -0.15) is 0 Å². The summed E-state index contributed by atoms with van der Waals surface area (Å²) in [6.07, 6.45) is 1.44. The molecule has 0 aliphatic heterocycles. The molecule has 0 saturated heterocycles. The lowest BCUT2D eigenvalue weighted by Crippen LogP contribution is -2.02. The Hall–Kier alpha value is -2.63. The average Bonchev–Trinajstić information content (AvgIpc) is 2.45. The fraction of sp³-hybridized carbons (Fsp3) is 0.154. The third-order valence-corrected chi connectivity index (χ3v) is 2.61. The van der Waals surface area contributed by atoms with Crippen LogP contribution < -0.4 is 10.1 Å². The fourth-order valence-corrected chi connectivity index (χ4v) is 1.64. The second-order valence-electron chi connectivity index (χ2n) is 3.83. The minimum absolute atomic E-state index is 0.164. The van der Waals surface area contributed by atoms with Crippen molar-refractivity contribution in [3.63, 3.8) is 0 Å². The molecule has 6 heteroatoms. The lowest BCUT2D eigenvalue weighted by Gasteiger charge is -2.09. The molecule has 0 fully saturated rings. The minimum atomic E-state index is -0.524. The molecule has 0 radical (unpaired) electrons. The van der Waals surface area contributed by atoms with Crippen LogP contribution in [0.25, 0.3) is 0 Å². The number of methoxy groups -OCH3 is 1. The topological polar surface area (TPSA) is 77.3 Å². The molecular weight excluding hydrogens is 246 g/mol. The first-order valence-electron chi connectivity index (χ1n) is 5.67. The van der Waals surface area contributed by atoms with Crippen molar-refractivity contribution in [3.8, 4) is 5.75 Å². The molecule has 6 nitrogen and oxygen atoms in total. The number of nitrogens with one attached hydrogen (secondary N) is 1. The predicted molar refractivity (Wildman–Crippen MR) is 71.2 cm³/mol. The van der Waals surface area contributed by atoms with E-state index in [0.717, 1.165) is 17.0 Å². The van der Waals surface area contributed by atoms with Crippen molar-refractivity contribution in [2.24, 2.45) is 0 Å². The number of hydrogen-bond acceptors (Lipinski definition) is 5. The lowest BCUT2D eigenvalue weighted by atomic mass is 10.2. The van der Waals surface area contributed by atoms with Gasteiger partial charge in [0.25, 0.3) is 0 Å². The number of nitro groups is 1. The number of benzene rings is 1. The van der Waals surface area contributed by atoms with Gasteiger partial charge in [0.15, 0.2) is 6.20 Å². The number of rotatable bonds is 5. The van der Waals surface area contributed by atoms with E-state index >= 15 is 0 Å². The fourth-order valence-electron chi connectivity index (χ4n) is 1.64. The van der Waals surface area contributed by atoms with Crippen LogP contribution in [0.5, 0.6) is 5.75 Å². The molecule has 0 bridgehead atoms. The van der Waals surface area contributed by atoms with E-state index in [2.05, 4.69) is 10.3 Å². The van der Waals surface area contributed by atoms with Crippen LogP contribution in [-0.2, 0) is 6.54 Å². The van der Waals surface area contributed by atoms with Gasteiger partial charge < -0.3 is 20.2 Å². The maximum absolute atomic E-state index is 10.5. The summed E-state index contributed by atoms with van der Waals surface area (Å²) in [5, 5.41) is 13.6. The van der Waals surface area contributed by atoms with Gasteiger partial charge in [0.2, 0.25) is 0 Å². The van der Waals surface area contributed by atoms with Gasteiger partial charge in [-0.15, -0.1) is 0 Å². The maximum atomic E-state index is 10.5. The van der Waals surface area contributed by atoms with Crippen molar-refractivity contribution in [1.82, 2.24) is 4.98 Å². The van der Waals surface area contributed by atoms with Crippen molar-refractivity contribution < 1.29 is 9.66 Å². The molecule has 0 saturated carbocycles. The van der Waals surface area contributed by atoms with E-state index in [0.29, 0.717) is 6.54 Å². The monoisotopic (exact) mass is 259 g/mol. The summed E-state index contributed by atoms with van der Waals surface area (Å²) in [7, 11) is 1.62. The molecule has 0 amide bonds. The van der Waals surface area contributed by atoms with Crippen LogP contribution in [-0.4, -0.2) is 17.0 Å². The van der Waals surface area contributed by atoms with Gasteiger partial charge in [-0.3, -0.25) is 0 Å². The Morgan fingerprint density at radius 3 is 2.74 bits per heavy atom. The molecule has 1 aromatic heterocycles. The number of para-hydroxylation sites is 1. The highest BCUT2D eigenvalue weighted by atomic mass is 16.6. The van der Waals surface area contributed by atoms with Gasteiger partial charge in [0, 0.05) is 18.2 Å². The van der Waals surface area contributed by atoms with Gasteiger partial charge in [-0.05, 0) is 22.0 Å². The third kappa shape index (κ3) is 3.19. The Bertz CT molecular complexity index is 570. The molecule has 2 rings (SSSR count). The highest BCUT2D eigenvalue weighted by molar-refractivity contribution is 5.45. The van der Waals surface area contributed by atoms with Crippen molar-refractivity contribution in [1.29, 1.82) is 0 Å². The van der Waals surface area contributed by atoms with Crippen LogP contribution in [0.15, 0.2) is 42.6 Å². The van der Waals surface area contributed by atoms with Crippen LogP contribution in [0.4, 0.5) is 11.5 Å². The molecule has 0 unspecified atom stereocenters. The first-order chi connectivity index (χ1) is 9.20. The lowest BCUT2D eigenvalue weighted by molar-refractivity contribution is -0.389. The Kier molecular flexibility index (Phi) is 3.92. The number of pyridine rings is 1. The SMILES string of the molecule is COc1ccccc1CNc1ccc([N+](=O)[O-])nc1. The van der Waals surface area contributed by atoms with E-state index < -0.39 is 4.92 Å². The zero-order chi connectivity index (χ0) is 13.7. The number of anilines is 1. The molecule has 2 aromatic rings. The first kappa shape index (κ1) is 12.8. The quantitative estimate of drug-likeness (QED) is 0.659. The smallest absolute Gasteiger partial charge is 0.363 e. The highest BCUT2D eigenvalue weighted by Crippen LogP contribution is 2.19. The molecular formula is C13H13N3O3. The molecule has 0 spiro atoms. The standard InChI is InChI=1S/C13H13N3O3/c1-19-12-5-3-2-4-10(12)8-14-11-6-7-13(15-9-11)16(17)18/h2-7,9,14H,8H2,1H3. The molecule has 1 aromatic carbocycles. The molecule has 1 N–H and O–H groups in total. The normalized spacial score (nSPS) is 9.95. The average molecular weight is 259 g/mol. The zero-order valence-corrected chi connectivity index (χ0v) is 10.4. The summed E-state index contributed by atoms with van der Waals surface area (Å²) in [5.41, 5.74) is 1.72. The second kappa shape index (κ2) is 5.81. The Labute approximate surface area is 110 Å². The molecule has 0 aliphatic rings. The highest BCUT2D eigenvalue weighted by Gasteiger charge is 2.06. The molecule has 0 aliphatic carbocycles. The summed E-state index contributed by atoms with van der Waals surface area (Å²) < 4.78 is 5.24. The van der Waals surface area contributed by atoms with E-state index in [1.54, 1.807) is 13.2 Å². The van der Waals surface area contributed by atoms with Crippen LogP contribution >= 0.6 is 0 Å². The second-order valence-corrected chi connectivity index (χ2v) is 3.83. The molecule has 1 heterocycles. The van der Waals surface area contributed by atoms with Crippen LogP contribution in [0.2, 0.25) is 0 Å². The summed E-state index contributed by atoms with van der Waals surface area (Å²) >= 11 is 0. The van der Waals surface area contributed by atoms with Gasteiger partial charge in [-0.25, -0.2) is 0 Å².